The zero-order chi connectivity index (χ0) is 23.8. The molecular formula is C35H32. The highest BCUT2D eigenvalue weighted by Gasteiger charge is 2.36. The largest absolute Gasteiger partial charge is 0.0725 e. The summed E-state index contributed by atoms with van der Waals surface area (Å²) in [5.74, 6) is 1.16. The first-order valence-electron chi connectivity index (χ1n) is 12.8. The smallest absolute Gasteiger partial charge is 0.0213 e. The molecule has 0 spiro atoms. The Morgan fingerprint density at radius 3 is 1.97 bits per heavy atom. The summed E-state index contributed by atoms with van der Waals surface area (Å²) in [6.07, 6.45) is 14.4. The number of aryl methyl sites for hydroxylation is 1. The highest BCUT2D eigenvalue weighted by atomic mass is 14.4. The fraction of sp³-hybridized carbons (Fsp3) is 0.200. The summed E-state index contributed by atoms with van der Waals surface area (Å²) in [4.78, 5) is 0. The molecule has 0 saturated carbocycles. The molecule has 3 atom stereocenters. The van der Waals surface area contributed by atoms with Gasteiger partial charge in [0.05, 0.1) is 0 Å². The molecule has 0 heterocycles. The first kappa shape index (κ1) is 21.9. The second kappa shape index (κ2) is 9.19. The predicted octanol–water partition coefficient (Wildman–Crippen LogP) is 9.11. The molecule has 0 heteroatoms. The van der Waals surface area contributed by atoms with E-state index in [2.05, 4.69) is 129 Å². The van der Waals surface area contributed by atoms with Gasteiger partial charge in [-0.05, 0) is 71.6 Å². The van der Waals surface area contributed by atoms with Gasteiger partial charge >= 0.3 is 0 Å². The summed E-state index contributed by atoms with van der Waals surface area (Å²) in [7, 11) is 0. The lowest BCUT2D eigenvalue weighted by molar-refractivity contribution is 0.603. The molecule has 3 aliphatic rings. The molecule has 0 amide bonds. The van der Waals surface area contributed by atoms with Crippen LogP contribution in [0.5, 0.6) is 0 Å². The molecule has 0 nitrogen and oxygen atoms in total. The first-order chi connectivity index (χ1) is 17.2. The molecule has 35 heavy (non-hydrogen) atoms. The maximum atomic E-state index is 2.56. The van der Waals surface area contributed by atoms with Gasteiger partial charge in [0.25, 0.3) is 0 Å². The Labute approximate surface area is 209 Å². The highest BCUT2D eigenvalue weighted by Crippen LogP contribution is 2.52. The van der Waals surface area contributed by atoms with Gasteiger partial charge in [-0.2, -0.15) is 0 Å². The lowest BCUT2D eigenvalue weighted by Crippen LogP contribution is -2.11. The number of hydrogen-bond acceptors (Lipinski definition) is 0. The van der Waals surface area contributed by atoms with Crippen LogP contribution < -0.4 is 0 Å². The normalized spacial score (nSPS) is 23.5. The third-order valence-corrected chi connectivity index (χ3v) is 7.85. The summed E-state index contributed by atoms with van der Waals surface area (Å²) in [6, 6.07) is 31.2. The topological polar surface area (TPSA) is 0 Å². The summed E-state index contributed by atoms with van der Waals surface area (Å²) in [5, 5.41) is 0. The maximum Gasteiger partial charge on any atom is 0.0213 e. The van der Waals surface area contributed by atoms with Gasteiger partial charge in [-0.25, -0.2) is 0 Å². The van der Waals surface area contributed by atoms with Crippen molar-refractivity contribution in [3.63, 3.8) is 0 Å². The van der Waals surface area contributed by atoms with Gasteiger partial charge < -0.3 is 0 Å². The molecule has 3 aromatic rings. The van der Waals surface area contributed by atoms with E-state index in [-0.39, 0.29) is 0 Å². The fourth-order valence-electron chi connectivity index (χ4n) is 5.99. The summed E-state index contributed by atoms with van der Waals surface area (Å²) >= 11 is 0. The molecule has 0 fully saturated rings. The minimum absolute atomic E-state index is 0.336. The van der Waals surface area contributed by atoms with Crippen LogP contribution in [0.25, 0.3) is 5.57 Å². The van der Waals surface area contributed by atoms with E-state index in [9.17, 15) is 0 Å². The quantitative estimate of drug-likeness (QED) is 0.362. The van der Waals surface area contributed by atoms with Crippen LogP contribution in [0.3, 0.4) is 0 Å². The van der Waals surface area contributed by atoms with Crippen molar-refractivity contribution in [2.75, 3.05) is 0 Å². The number of allylic oxidation sites excluding steroid dienone is 10. The molecule has 3 unspecified atom stereocenters. The Balaban J connectivity index is 1.42. The van der Waals surface area contributed by atoms with E-state index in [1.807, 2.05) is 0 Å². The average Bonchev–Trinajstić information content (AvgIpc) is 3.63. The van der Waals surface area contributed by atoms with Crippen LogP contribution >= 0.6 is 0 Å². The monoisotopic (exact) mass is 452 g/mol. The van der Waals surface area contributed by atoms with E-state index in [4.69, 9.17) is 0 Å². The Kier molecular flexibility index (Phi) is 5.74. The van der Waals surface area contributed by atoms with Gasteiger partial charge in [-0.1, -0.05) is 126 Å². The van der Waals surface area contributed by atoms with Crippen LogP contribution in [0, 0.1) is 12.8 Å². The molecule has 3 aromatic carbocycles. The molecule has 0 aromatic heterocycles. The van der Waals surface area contributed by atoms with E-state index >= 15 is 0 Å². The Morgan fingerprint density at radius 1 is 0.629 bits per heavy atom. The van der Waals surface area contributed by atoms with Crippen LogP contribution in [0.4, 0.5) is 0 Å². The second-order valence-corrected chi connectivity index (χ2v) is 10.3. The van der Waals surface area contributed by atoms with Crippen molar-refractivity contribution < 1.29 is 0 Å². The third-order valence-electron chi connectivity index (χ3n) is 7.85. The van der Waals surface area contributed by atoms with E-state index in [1.165, 1.54) is 50.1 Å². The Bertz CT molecular complexity index is 1380. The van der Waals surface area contributed by atoms with E-state index in [0.29, 0.717) is 17.8 Å². The molecule has 0 radical (unpaired) electrons. The first-order valence-corrected chi connectivity index (χ1v) is 12.8. The van der Waals surface area contributed by atoms with E-state index in [1.54, 1.807) is 0 Å². The molecule has 0 bridgehead atoms. The third kappa shape index (κ3) is 4.30. The average molecular weight is 453 g/mol. The minimum atomic E-state index is 0.336. The van der Waals surface area contributed by atoms with Gasteiger partial charge in [-0.3, -0.25) is 0 Å². The van der Waals surface area contributed by atoms with Crippen LogP contribution in [-0.2, 0) is 0 Å². The zero-order valence-corrected chi connectivity index (χ0v) is 20.6. The summed E-state index contributed by atoms with van der Waals surface area (Å²) < 4.78 is 0. The van der Waals surface area contributed by atoms with Gasteiger partial charge in [0.1, 0.15) is 0 Å². The second-order valence-electron chi connectivity index (χ2n) is 10.3. The predicted molar refractivity (Wildman–Crippen MR) is 148 cm³/mol. The van der Waals surface area contributed by atoms with E-state index in [0.717, 1.165) is 12.8 Å². The maximum absolute atomic E-state index is 2.56. The van der Waals surface area contributed by atoms with Gasteiger partial charge in [0.2, 0.25) is 0 Å². The van der Waals surface area contributed by atoms with Crippen molar-refractivity contribution in [2.24, 2.45) is 5.92 Å². The van der Waals surface area contributed by atoms with Crippen molar-refractivity contribution in [3.8, 4) is 0 Å². The van der Waals surface area contributed by atoms with Gasteiger partial charge in [-0.15, -0.1) is 0 Å². The lowest BCUT2D eigenvalue weighted by atomic mass is 9.79. The SMILES string of the molecule is CC1=CC=C(C2=CC(c3ccccc3)C=C2C2CC(c3ccc(C)cc3)=CC2c2ccccc2)C1. The van der Waals surface area contributed by atoms with Gasteiger partial charge in [0.15, 0.2) is 0 Å². The van der Waals surface area contributed by atoms with Crippen molar-refractivity contribution in [1.29, 1.82) is 0 Å². The molecule has 0 saturated heterocycles. The number of rotatable bonds is 5. The van der Waals surface area contributed by atoms with Crippen molar-refractivity contribution in [2.45, 2.75) is 38.5 Å². The molecule has 0 N–H and O–H groups in total. The van der Waals surface area contributed by atoms with Crippen LogP contribution in [-0.4, -0.2) is 0 Å². The molecule has 172 valence electrons. The molecule has 3 aliphatic carbocycles. The molecule has 0 aliphatic heterocycles. The fourth-order valence-corrected chi connectivity index (χ4v) is 5.99. The van der Waals surface area contributed by atoms with Crippen LogP contribution in [0.2, 0.25) is 0 Å². The molecular weight excluding hydrogens is 420 g/mol. The summed E-state index contributed by atoms with van der Waals surface area (Å²) in [6.45, 7) is 4.41. The minimum Gasteiger partial charge on any atom is -0.0725 e. The van der Waals surface area contributed by atoms with Crippen LogP contribution in [0.15, 0.2) is 138 Å². The van der Waals surface area contributed by atoms with Crippen molar-refractivity contribution >= 4 is 5.57 Å². The Morgan fingerprint density at radius 2 is 1.31 bits per heavy atom. The highest BCUT2D eigenvalue weighted by molar-refractivity contribution is 5.72. The van der Waals surface area contributed by atoms with Gasteiger partial charge in [0, 0.05) is 11.8 Å². The molecule has 6 rings (SSSR count). The summed E-state index contributed by atoms with van der Waals surface area (Å²) in [5.41, 5.74) is 12.9. The van der Waals surface area contributed by atoms with Crippen LogP contribution in [0.1, 0.15) is 53.9 Å². The van der Waals surface area contributed by atoms with Crippen molar-refractivity contribution in [1.82, 2.24) is 0 Å². The Hall–Kier alpha value is -3.64. The van der Waals surface area contributed by atoms with Crippen molar-refractivity contribution in [3.05, 3.63) is 160 Å². The number of benzene rings is 3. The standard InChI is InChI=1S/C35H32/c1-24-13-16-27(17-14-24)31-20-32(28-11-7-4-8-12-28)34(23-31)35-22-30(26-9-5-3-6-10-26)21-33(35)29-18-15-25(2)19-29/h3-18,20-22,30,32,34H,19,23H2,1-2H3. The zero-order valence-electron chi connectivity index (χ0n) is 20.6. The van der Waals surface area contributed by atoms with E-state index < -0.39 is 0 Å². The lowest BCUT2D eigenvalue weighted by Gasteiger charge is -2.24. The number of hydrogen-bond donors (Lipinski definition) is 0.